The SMILES string of the molecule is CC(C)c1nccc(-c2nccn2-c2ccc(C(=O)O)cc2F)n1. The second-order valence-corrected chi connectivity index (χ2v) is 5.55. The van der Waals surface area contributed by atoms with Crippen molar-refractivity contribution in [2.24, 2.45) is 0 Å². The van der Waals surface area contributed by atoms with E-state index in [2.05, 4.69) is 15.0 Å². The zero-order valence-corrected chi connectivity index (χ0v) is 13.1. The van der Waals surface area contributed by atoms with Gasteiger partial charge in [0.05, 0.1) is 11.3 Å². The summed E-state index contributed by atoms with van der Waals surface area (Å²) < 4.78 is 15.9. The smallest absolute Gasteiger partial charge is 0.335 e. The number of carboxylic acids is 1. The average Bonchev–Trinajstić information content (AvgIpc) is 3.04. The molecule has 1 aromatic carbocycles. The molecule has 1 N–H and O–H groups in total. The predicted molar refractivity (Wildman–Crippen MR) is 85.6 cm³/mol. The van der Waals surface area contributed by atoms with E-state index in [0.717, 1.165) is 6.07 Å². The molecular weight excluding hydrogens is 311 g/mol. The number of rotatable bonds is 4. The van der Waals surface area contributed by atoms with Crippen LogP contribution >= 0.6 is 0 Å². The molecule has 0 aliphatic heterocycles. The molecule has 122 valence electrons. The first-order valence-electron chi connectivity index (χ1n) is 7.37. The number of nitrogens with zero attached hydrogens (tertiary/aromatic N) is 4. The van der Waals surface area contributed by atoms with E-state index in [1.165, 1.54) is 22.9 Å². The lowest BCUT2D eigenvalue weighted by atomic mass is 10.2. The second-order valence-electron chi connectivity index (χ2n) is 5.55. The van der Waals surface area contributed by atoms with Crippen LogP contribution in [0, 0.1) is 5.82 Å². The van der Waals surface area contributed by atoms with E-state index in [9.17, 15) is 9.18 Å². The van der Waals surface area contributed by atoms with Crippen molar-refractivity contribution >= 4 is 5.97 Å². The van der Waals surface area contributed by atoms with Crippen molar-refractivity contribution in [1.29, 1.82) is 0 Å². The van der Waals surface area contributed by atoms with Crippen molar-refractivity contribution in [2.45, 2.75) is 19.8 Å². The average molecular weight is 326 g/mol. The van der Waals surface area contributed by atoms with Crippen molar-refractivity contribution in [3.05, 3.63) is 60.1 Å². The Labute approximate surface area is 137 Å². The highest BCUT2D eigenvalue weighted by Crippen LogP contribution is 2.23. The minimum Gasteiger partial charge on any atom is -0.478 e. The lowest BCUT2D eigenvalue weighted by Crippen LogP contribution is -2.05. The zero-order valence-electron chi connectivity index (χ0n) is 13.1. The van der Waals surface area contributed by atoms with Gasteiger partial charge in [-0.25, -0.2) is 24.1 Å². The Kier molecular flexibility index (Phi) is 4.07. The Morgan fingerprint density at radius 3 is 2.67 bits per heavy atom. The Morgan fingerprint density at radius 2 is 2.00 bits per heavy atom. The van der Waals surface area contributed by atoms with Gasteiger partial charge in [0.15, 0.2) is 5.82 Å². The fraction of sp³-hybridized carbons (Fsp3) is 0.176. The number of aromatic carboxylic acids is 1. The van der Waals surface area contributed by atoms with Gasteiger partial charge in [0.1, 0.15) is 17.3 Å². The van der Waals surface area contributed by atoms with Gasteiger partial charge >= 0.3 is 5.97 Å². The summed E-state index contributed by atoms with van der Waals surface area (Å²) in [5.41, 5.74) is 0.666. The minimum absolute atomic E-state index is 0.109. The summed E-state index contributed by atoms with van der Waals surface area (Å²) in [5.74, 6) is -0.541. The van der Waals surface area contributed by atoms with Gasteiger partial charge in [0.25, 0.3) is 0 Å². The molecule has 0 aliphatic rings. The molecule has 24 heavy (non-hydrogen) atoms. The van der Waals surface area contributed by atoms with Gasteiger partial charge < -0.3 is 5.11 Å². The van der Waals surface area contributed by atoms with Crippen LogP contribution in [0.25, 0.3) is 17.2 Å². The third-order valence-electron chi connectivity index (χ3n) is 3.51. The molecule has 2 aromatic heterocycles. The molecule has 7 heteroatoms. The van der Waals surface area contributed by atoms with Gasteiger partial charge in [-0.3, -0.25) is 4.57 Å². The molecule has 0 atom stereocenters. The molecule has 0 unspecified atom stereocenters. The Bertz CT molecular complexity index is 905. The van der Waals surface area contributed by atoms with Crippen LogP contribution in [-0.4, -0.2) is 30.6 Å². The van der Waals surface area contributed by atoms with Crippen LogP contribution in [0.15, 0.2) is 42.9 Å². The first-order valence-corrected chi connectivity index (χ1v) is 7.37. The van der Waals surface area contributed by atoms with Crippen molar-refractivity contribution in [1.82, 2.24) is 19.5 Å². The Balaban J connectivity index is 2.09. The number of imidazole rings is 1. The fourth-order valence-electron chi connectivity index (χ4n) is 2.30. The first-order chi connectivity index (χ1) is 11.5. The predicted octanol–water partition coefficient (Wildman–Crippen LogP) is 3.29. The monoisotopic (exact) mass is 326 g/mol. The van der Waals surface area contributed by atoms with E-state index >= 15 is 0 Å². The van der Waals surface area contributed by atoms with E-state index in [0.29, 0.717) is 17.3 Å². The summed E-state index contributed by atoms with van der Waals surface area (Å²) >= 11 is 0. The number of hydrogen-bond acceptors (Lipinski definition) is 4. The van der Waals surface area contributed by atoms with E-state index in [1.54, 1.807) is 18.5 Å². The number of halogens is 1. The molecule has 3 rings (SSSR count). The zero-order chi connectivity index (χ0) is 17.3. The molecule has 0 spiro atoms. The number of carbonyl (C=O) groups is 1. The highest BCUT2D eigenvalue weighted by atomic mass is 19.1. The van der Waals surface area contributed by atoms with Crippen molar-refractivity contribution < 1.29 is 14.3 Å². The Morgan fingerprint density at radius 1 is 1.21 bits per heavy atom. The van der Waals surface area contributed by atoms with Crippen LogP contribution in [0.5, 0.6) is 0 Å². The minimum atomic E-state index is -1.18. The van der Waals surface area contributed by atoms with Gasteiger partial charge in [-0.05, 0) is 24.3 Å². The molecular formula is C17H15FN4O2. The van der Waals surface area contributed by atoms with E-state index in [4.69, 9.17) is 5.11 Å². The number of aromatic nitrogens is 4. The van der Waals surface area contributed by atoms with Crippen molar-refractivity contribution in [2.75, 3.05) is 0 Å². The van der Waals surface area contributed by atoms with Crippen LogP contribution in [0.3, 0.4) is 0 Å². The molecule has 0 saturated heterocycles. The van der Waals surface area contributed by atoms with Crippen molar-refractivity contribution in [3.8, 4) is 17.2 Å². The van der Waals surface area contributed by atoms with Gasteiger partial charge in [-0.1, -0.05) is 13.8 Å². The molecule has 0 saturated carbocycles. The summed E-state index contributed by atoms with van der Waals surface area (Å²) in [5, 5.41) is 8.94. The fourth-order valence-corrected chi connectivity index (χ4v) is 2.30. The van der Waals surface area contributed by atoms with Gasteiger partial charge in [0, 0.05) is 24.5 Å². The Hall–Kier alpha value is -3.09. The number of hydrogen-bond donors (Lipinski definition) is 1. The maximum Gasteiger partial charge on any atom is 0.335 e. The lowest BCUT2D eigenvalue weighted by molar-refractivity contribution is 0.0696. The van der Waals surface area contributed by atoms with Crippen LogP contribution in [0.4, 0.5) is 4.39 Å². The molecule has 0 amide bonds. The second kappa shape index (κ2) is 6.19. The normalized spacial score (nSPS) is 11.0. The molecule has 2 heterocycles. The summed E-state index contributed by atoms with van der Waals surface area (Å²) in [4.78, 5) is 23.9. The summed E-state index contributed by atoms with van der Waals surface area (Å²) in [6.45, 7) is 3.96. The van der Waals surface area contributed by atoms with E-state index in [-0.39, 0.29) is 17.2 Å². The summed E-state index contributed by atoms with van der Waals surface area (Å²) in [6.07, 6.45) is 4.78. The molecule has 0 fully saturated rings. The standard InChI is InChI=1S/C17H15FN4O2/c1-10(2)15-19-6-5-13(21-15)16-20-7-8-22(16)14-4-3-11(17(23)24)9-12(14)18/h3-10H,1-2H3,(H,23,24). The largest absolute Gasteiger partial charge is 0.478 e. The van der Waals surface area contributed by atoms with Gasteiger partial charge in [-0.15, -0.1) is 0 Å². The quantitative estimate of drug-likeness (QED) is 0.795. The molecule has 0 aliphatic carbocycles. The first kappa shape index (κ1) is 15.8. The maximum absolute atomic E-state index is 14.3. The van der Waals surface area contributed by atoms with Crippen LogP contribution < -0.4 is 0 Å². The van der Waals surface area contributed by atoms with Crippen molar-refractivity contribution in [3.63, 3.8) is 0 Å². The molecule has 0 radical (unpaired) electrons. The van der Waals surface area contributed by atoms with Gasteiger partial charge in [0.2, 0.25) is 0 Å². The van der Waals surface area contributed by atoms with Crippen LogP contribution in [-0.2, 0) is 0 Å². The molecule has 6 nitrogen and oxygen atoms in total. The highest BCUT2D eigenvalue weighted by Gasteiger charge is 2.15. The topological polar surface area (TPSA) is 80.9 Å². The number of carboxylic acid groups (broad SMARTS) is 1. The molecule has 3 aromatic rings. The summed E-state index contributed by atoms with van der Waals surface area (Å²) in [6, 6.07) is 5.45. The van der Waals surface area contributed by atoms with E-state index < -0.39 is 11.8 Å². The number of benzene rings is 1. The highest BCUT2D eigenvalue weighted by molar-refractivity contribution is 5.87. The third kappa shape index (κ3) is 2.88. The maximum atomic E-state index is 14.3. The van der Waals surface area contributed by atoms with Crippen LogP contribution in [0.2, 0.25) is 0 Å². The summed E-state index contributed by atoms with van der Waals surface area (Å²) in [7, 11) is 0. The third-order valence-corrected chi connectivity index (χ3v) is 3.51. The van der Waals surface area contributed by atoms with Crippen LogP contribution in [0.1, 0.15) is 35.9 Å². The van der Waals surface area contributed by atoms with E-state index in [1.807, 2.05) is 13.8 Å². The van der Waals surface area contributed by atoms with Gasteiger partial charge in [-0.2, -0.15) is 0 Å². The lowest BCUT2D eigenvalue weighted by Gasteiger charge is -2.10. The molecule has 0 bridgehead atoms.